The first-order valence-corrected chi connectivity index (χ1v) is 5.58. The summed E-state index contributed by atoms with van der Waals surface area (Å²) in [5, 5.41) is 1.42. The van der Waals surface area contributed by atoms with E-state index in [1.54, 1.807) is 12.1 Å². The van der Waals surface area contributed by atoms with Crippen LogP contribution in [-0.2, 0) is 0 Å². The van der Waals surface area contributed by atoms with Crippen molar-refractivity contribution >= 4 is 22.5 Å². The van der Waals surface area contributed by atoms with E-state index >= 15 is 0 Å². The topological polar surface area (TPSA) is 48.6 Å². The summed E-state index contributed by atoms with van der Waals surface area (Å²) in [6, 6.07) is 11.2. The summed E-state index contributed by atoms with van der Waals surface area (Å²) in [5.41, 5.74) is 2.64. The molecule has 2 heterocycles. The molecule has 0 atom stereocenters. The Kier molecular flexibility index (Phi) is 2.27. The van der Waals surface area contributed by atoms with Gasteiger partial charge in [-0.25, -0.2) is 0 Å². The van der Waals surface area contributed by atoms with Crippen molar-refractivity contribution in [2.24, 2.45) is 0 Å². The standard InChI is InChI=1S/C13H9ClN2O/c14-12-5-8(6-13(17)16-12)10-7-15-11-4-2-1-3-9(10)11/h1-7,15H,(H,16,17). The number of rotatable bonds is 1. The van der Waals surface area contributed by atoms with Gasteiger partial charge >= 0.3 is 0 Å². The fourth-order valence-corrected chi connectivity index (χ4v) is 2.19. The molecule has 0 aliphatic heterocycles. The second-order valence-corrected chi connectivity index (χ2v) is 4.24. The van der Waals surface area contributed by atoms with Gasteiger partial charge in [-0.15, -0.1) is 0 Å². The molecule has 0 spiro atoms. The second-order valence-electron chi connectivity index (χ2n) is 3.83. The summed E-state index contributed by atoms with van der Waals surface area (Å²) in [7, 11) is 0. The van der Waals surface area contributed by atoms with Gasteiger partial charge in [0.15, 0.2) is 0 Å². The Labute approximate surface area is 102 Å². The highest BCUT2D eigenvalue weighted by Crippen LogP contribution is 2.28. The third-order valence-electron chi connectivity index (χ3n) is 2.71. The first-order valence-electron chi connectivity index (χ1n) is 5.20. The maximum Gasteiger partial charge on any atom is 0.249 e. The monoisotopic (exact) mass is 244 g/mol. The van der Waals surface area contributed by atoms with Gasteiger partial charge < -0.3 is 9.97 Å². The number of H-pyrrole nitrogens is 2. The van der Waals surface area contributed by atoms with E-state index in [9.17, 15) is 4.79 Å². The van der Waals surface area contributed by atoms with E-state index in [1.807, 2.05) is 30.5 Å². The molecule has 1 aromatic carbocycles. The molecular weight excluding hydrogens is 236 g/mol. The van der Waals surface area contributed by atoms with Crippen LogP contribution >= 0.6 is 11.6 Å². The van der Waals surface area contributed by atoms with E-state index in [-0.39, 0.29) is 5.56 Å². The molecule has 2 aromatic heterocycles. The maximum absolute atomic E-state index is 11.4. The highest BCUT2D eigenvalue weighted by Gasteiger charge is 2.06. The first-order chi connectivity index (χ1) is 8.24. The summed E-state index contributed by atoms with van der Waals surface area (Å²) < 4.78 is 0. The van der Waals surface area contributed by atoms with Crippen LogP contribution in [0.3, 0.4) is 0 Å². The van der Waals surface area contributed by atoms with Crippen molar-refractivity contribution in [1.29, 1.82) is 0 Å². The number of hydrogen-bond donors (Lipinski definition) is 2. The quantitative estimate of drug-likeness (QED) is 0.635. The Morgan fingerprint density at radius 2 is 1.94 bits per heavy atom. The SMILES string of the molecule is O=c1cc(-c2c[nH]c3ccccc23)cc(Cl)[nH]1. The van der Waals surface area contributed by atoms with Crippen LogP contribution in [0, 0.1) is 0 Å². The molecule has 3 aromatic rings. The van der Waals surface area contributed by atoms with E-state index in [4.69, 9.17) is 11.6 Å². The molecule has 0 saturated carbocycles. The van der Waals surface area contributed by atoms with E-state index in [0.29, 0.717) is 5.15 Å². The van der Waals surface area contributed by atoms with E-state index < -0.39 is 0 Å². The molecule has 0 unspecified atom stereocenters. The predicted octanol–water partition coefficient (Wildman–Crippen LogP) is 3.18. The molecule has 0 bridgehead atoms. The maximum atomic E-state index is 11.4. The number of aromatic amines is 2. The highest BCUT2D eigenvalue weighted by atomic mass is 35.5. The number of fused-ring (bicyclic) bond motifs is 1. The molecule has 0 aliphatic carbocycles. The van der Waals surface area contributed by atoms with Crippen molar-refractivity contribution in [2.45, 2.75) is 0 Å². The van der Waals surface area contributed by atoms with Crippen molar-refractivity contribution in [3.63, 3.8) is 0 Å². The summed E-state index contributed by atoms with van der Waals surface area (Å²) >= 11 is 5.85. The number of benzene rings is 1. The summed E-state index contributed by atoms with van der Waals surface area (Å²) in [6.45, 7) is 0. The molecule has 84 valence electrons. The van der Waals surface area contributed by atoms with Crippen LogP contribution in [0.25, 0.3) is 22.0 Å². The van der Waals surface area contributed by atoms with Crippen molar-refractivity contribution in [3.05, 3.63) is 58.1 Å². The van der Waals surface area contributed by atoms with Gasteiger partial charge in [0.25, 0.3) is 0 Å². The Morgan fingerprint density at radius 3 is 2.76 bits per heavy atom. The average molecular weight is 245 g/mol. The third kappa shape index (κ3) is 1.74. The Balaban J connectivity index is 2.30. The summed E-state index contributed by atoms with van der Waals surface area (Å²) in [6.07, 6.45) is 1.88. The van der Waals surface area contributed by atoms with Crippen LogP contribution in [0.5, 0.6) is 0 Å². The van der Waals surface area contributed by atoms with Crippen LogP contribution < -0.4 is 5.56 Å². The van der Waals surface area contributed by atoms with Gasteiger partial charge in [-0.3, -0.25) is 4.79 Å². The average Bonchev–Trinajstić information content (AvgIpc) is 2.71. The molecule has 0 radical (unpaired) electrons. The lowest BCUT2D eigenvalue weighted by Crippen LogP contribution is -2.03. The van der Waals surface area contributed by atoms with E-state index in [0.717, 1.165) is 22.0 Å². The third-order valence-corrected chi connectivity index (χ3v) is 2.92. The fraction of sp³-hybridized carbons (Fsp3) is 0. The number of aromatic nitrogens is 2. The molecular formula is C13H9ClN2O. The zero-order valence-electron chi connectivity index (χ0n) is 8.83. The minimum absolute atomic E-state index is 0.196. The van der Waals surface area contributed by atoms with Gasteiger partial charge in [-0.1, -0.05) is 29.8 Å². The molecule has 0 saturated heterocycles. The van der Waals surface area contributed by atoms with E-state index in [1.165, 1.54) is 0 Å². The number of hydrogen-bond acceptors (Lipinski definition) is 1. The number of halogens is 1. The number of nitrogens with one attached hydrogen (secondary N) is 2. The second kappa shape index (κ2) is 3.79. The first kappa shape index (κ1) is 10.2. The van der Waals surface area contributed by atoms with Gasteiger partial charge in [0.05, 0.1) is 0 Å². The summed E-state index contributed by atoms with van der Waals surface area (Å²) in [5.74, 6) is 0. The minimum atomic E-state index is -0.196. The van der Waals surface area contributed by atoms with Gasteiger partial charge in [0, 0.05) is 28.7 Å². The lowest BCUT2D eigenvalue weighted by Gasteiger charge is -1.99. The molecule has 4 heteroatoms. The predicted molar refractivity (Wildman–Crippen MR) is 69.4 cm³/mol. The van der Waals surface area contributed by atoms with Gasteiger partial charge in [-0.2, -0.15) is 0 Å². The number of pyridine rings is 1. The largest absolute Gasteiger partial charge is 0.361 e. The molecule has 3 nitrogen and oxygen atoms in total. The van der Waals surface area contributed by atoms with Crippen molar-refractivity contribution in [3.8, 4) is 11.1 Å². The summed E-state index contributed by atoms with van der Waals surface area (Å²) in [4.78, 5) is 17.1. The molecule has 2 N–H and O–H groups in total. The van der Waals surface area contributed by atoms with Crippen LogP contribution in [-0.4, -0.2) is 9.97 Å². The lowest BCUT2D eigenvalue weighted by atomic mass is 10.1. The van der Waals surface area contributed by atoms with Crippen molar-refractivity contribution < 1.29 is 0 Å². The molecule has 0 aliphatic rings. The Hall–Kier alpha value is -2.00. The van der Waals surface area contributed by atoms with E-state index in [2.05, 4.69) is 9.97 Å². The normalized spacial score (nSPS) is 10.9. The minimum Gasteiger partial charge on any atom is -0.361 e. The molecule has 17 heavy (non-hydrogen) atoms. The number of para-hydroxylation sites is 1. The molecule has 0 fully saturated rings. The van der Waals surface area contributed by atoms with Crippen molar-refractivity contribution in [1.82, 2.24) is 9.97 Å². The van der Waals surface area contributed by atoms with Crippen LogP contribution in [0.1, 0.15) is 0 Å². The van der Waals surface area contributed by atoms with Crippen LogP contribution in [0.15, 0.2) is 47.4 Å². The highest BCUT2D eigenvalue weighted by molar-refractivity contribution is 6.29. The van der Waals surface area contributed by atoms with Gasteiger partial charge in [0.2, 0.25) is 5.56 Å². The van der Waals surface area contributed by atoms with Gasteiger partial charge in [-0.05, 0) is 17.7 Å². The Bertz CT molecular complexity index is 742. The molecule has 3 rings (SSSR count). The van der Waals surface area contributed by atoms with Crippen LogP contribution in [0.2, 0.25) is 5.15 Å². The fourth-order valence-electron chi connectivity index (χ4n) is 1.98. The smallest absolute Gasteiger partial charge is 0.249 e. The van der Waals surface area contributed by atoms with Crippen LogP contribution in [0.4, 0.5) is 0 Å². The molecule has 0 amide bonds. The Morgan fingerprint density at radius 1 is 1.12 bits per heavy atom. The van der Waals surface area contributed by atoms with Gasteiger partial charge in [0.1, 0.15) is 5.15 Å². The lowest BCUT2D eigenvalue weighted by molar-refractivity contribution is 1.24. The zero-order valence-corrected chi connectivity index (χ0v) is 9.58. The van der Waals surface area contributed by atoms with Crippen molar-refractivity contribution in [2.75, 3.05) is 0 Å². The zero-order chi connectivity index (χ0) is 11.8.